The summed E-state index contributed by atoms with van der Waals surface area (Å²) in [7, 11) is 1.79. The Morgan fingerprint density at radius 1 is 1.50 bits per heavy atom. The third-order valence-electron chi connectivity index (χ3n) is 3.72. The lowest BCUT2D eigenvalue weighted by molar-refractivity contribution is -0.0573. The number of aliphatic hydroxyl groups is 1. The standard InChI is InChI=1S/C14H23N3O3/c1-11(2)17-7-6-15-12(13(17)18)16(3)10-14(19)4-8-20-9-5-14/h6-7,11,19H,4-5,8-10H2,1-3H3. The summed E-state index contributed by atoms with van der Waals surface area (Å²) >= 11 is 0. The van der Waals surface area contributed by atoms with E-state index in [1.54, 1.807) is 28.9 Å². The van der Waals surface area contributed by atoms with E-state index in [-0.39, 0.29) is 11.6 Å². The molecule has 2 heterocycles. The van der Waals surface area contributed by atoms with E-state index in [0.717, 1.165) is 0 Å². The van der Waals surface area contributed by atoms with Crippen molar-refractivity contribution in [2.75, 3.05) is 31.7 Å². The van der Waals surface area contributed by atoms with Gasteiger partial charge in [-0.1, -0.05) is 0 Å². The molecule has 6 heteroatoms. The average Bonchev–Trinajstić information content (AvgIpc) is 2.38. The molecule has 1 saturated heterocycles. The van der Waals surface area contributed by atoms with Gasteiger partial charge in [-0.05, 0) is 13.8 Å². The molecule has 0 atom stereocenters. The largest absolute Gasteiger partial charge is 0.388 e. The quantitative estimate of drug-likeness (QED) is 0.884. The Labute approximate surface area is 119 Å². The van der Waals surface area contributed by atoms with Gasteiger partial charge in [-0.25, -0.2) is 4.98 Å². The lowest BCUT2D eigenvalue weighted by Gasteiger charge is -2.35. The molecule has 1 N–H and O–H groups in total. The van der Waals surface area contributed by atoms with Gasteiger partial charge < -0.3 is 19.3 Å². The van der Waals surface area contributed by atoms with Gasteiger partial charge in [-0.3, -0.25) is 4.79 Å². The Kier molecular flexibility index (Phi) is 4.45. The number of hydrogen-bond acceptors (Lipinski definition) is 5. The monoisotopic (exact) mass is 281 g/mol. The van der Waals surface area contributed by atoms with Crippen LogP contribution in [0.4, 0.5) is 5.82 Å². The Hall–Kier alpha value is -1.40. The molecule has 20 heavy (non-hydrogen) atoms. The molecule has 1 fully saturated rings. The molecule has 0 spiro atoms. The summed E-state index contributed by atoms with van der Waals surface area (Å²) in [5, 5.41) is 10.5. The SMILES string of the molecule is CC(C)n1ccnc(N(C)CC2(O)CCOCC2)c1=O. The highest BCUT2D eigenvalue weighted by Gasteiger charge is 2.32. The number of rotatable bonds is 4. The molecule has 6 nitrogen and oxygen atoms in total. The van der Waals surface area contributed by atoms with Crippen molar-refractivity contribution in [3.63, 3.8) is 0 Å². The molecular formula is C14H23N3O3. The maximum atomic E-state index is 12.4. The van der Waals surface area contributed by atoms with Gasteiger partial charge in [0.25, 0.3) is 5.56 Å². The van der Waals surface area contributed by atoms with Crippen LogP contribution in [0.25, 0.3) is 0 Å². The molecule has 1 aliphatic rings. The molecule has 1 aliphatic heterocycles. The van der Waals surface area contributed by atoms with E-state index >= 15 is 0 Å². The van der Waals surface area contributed by atoms with Crippen molar-refractivity contribution in [2.24, 2.45) is 0 Å². The van der Waals surface area contributed by atoms with Crippen molar-refractivity contribution in [1.29, 1.82) is 0 Å². The zero-order valence-electron chi connectivity index (χ0n) is 12.4. The Bertz CT molecular complexity index is 507. The number of ether oxygens (including phenoxy) is 1. The topological polar surface area (TPSA) is 67.6 Å². The Morgan fingerprint density at radius 2 is 2.15 bits per heavy atom. The highest BCUT2D eigenvalue weighted by atomic mass is 16.5. The molecule has 0 aromatic carbocycles. The highest BCUT2D eigenvalue weighted by Crippen LogP contribution is 2.22. The summed E-state index contributed by atoms with van der Waals surface area (Å²) in [5.41, 5.74) is -0.930. The van der Waals surface area contributed by atoms with Gasteiger partial charge >= 0.3 is 0 Å². The number of hydrogen-bond donors (Lipinski definition) is 1. The molecule has 0 unspecified atom stereocenters. The van der Waals surface area contributed by atoms with E-state index < -0.39 is 5.60 Å². The van der Waals surface area contributed by atoms with Crippen LogP contribution in [0.3, 0.4) is 0 Å². The molecule has 1 aromatic heterocycles. The lowest BCUT2D eigenvalue weighted by Crippen LogP contribution is -2.47. The highest BCUT2D eigenvalue weighted by molar-refractivity contribution is 5.35. The summed E-state index contributed by atoms with van der Waals surface area (Å²) in [4.78, 5) is 18.3. The van der Waals surface area contributed by atoms with Crippen LogP contribution in [0.15, 0.2) is 17.2 Å². The fraction of sp³-hybridized carbons (Fsp3) is 0.714. The van der Waals surface area contributed by atoms with Gasteiger partial charge in [0.15, 0.2) is 5.82 Å². The van der Waals surface area contributed by atoms with Crippen LogP contribution >= 0.6 is 0 Å². The van der Waals surface area contributed by atoms with Gasteiger partial charge in [0.05, 0.1) is 5.60 Å². The second-order valence-corrected chi connectivity index (χ2v) is 5.75. The maximum Gasteiger partial charge on any atom is 0.293 e. The third kappa shape index (κ3) is 3.19. The molecular weight excluding hydrogens is 258 g/mol. The molecule has 112 valence electrons. The van der Waals surface area contributed by atoms with Crippen LogP contribution in [0.1, 0.15) is 32.7 Å². The van der Waals surface area contributed by atoms with Crippen LogP contribution in [-0.2, 0) is 4.74 Å². The number of likely N-dealkylation sites (N-methyl/N-ethyl adjacent to an activating group) is 1. The first-order valence-electron chi connectivity index (χ1n) is 7.01. The van der Waals surface area contributed by atoms with E-state index in [2.05, 4.69) is 4.98 Å². The number of aromatic nitrogens is 2. The predicted octanol–water partition coefficient (Wildman–Crippen LogP) is 0.802. The van der Waals surface area contributed by atoms with Crippen molar-refractivity contribution >= 4 is 5.82 Å². The van der Waals surface area contributed by atoms with E-state index in [9.17, 15) is 9.90 Å². The van der Waals surface area contributed by atoms with E-state index in [0.29, 0.717) is 38.4 Å². The first-order valence-corrected chi connectivity index (χ1v) is 7.01. The predicted molar refractivity (Wildman–Crippen MR) is 77.2 cm³/mol. The molecule has 0 amide bonds. The van der Waals surface area contributed by atoms with Crippen molar-refractivity contribution in [3.05, 3.63) is 22.7 Å². The van der Waals surface area contributed by atoms with E-state index in [1.165, 1.54) is 0 Å². The fourth-order valence-corrected chi connectivity index (χ4v) is 2.51. The van der Waals surface area contributed by atoms with Crippen LogP contribution in [0, 0.1) is 0 Å². The van der Waals surface area contributed by atoms with E-state index in [1.807, 2.05) is 13.8 Å². The average molecular weight is 281 g/mol. The first-order chi connectivity index (χ1) is 9.43. The van der Waals surface area contributed by atoms with Crippen LogP contribution < -0.4 is 10.5 Å². The van der Waals surface area contributed by atoms with Gasteiger partial charge in [-0.2, -0.15) is 0 Å². The minimum Gasteiger partial charge on any atom is -0.388 e. The van der Waals surface area contributed by atoms with Crippen molar-refractivity contribution in [3.8, 4) is 0 Å². The Morgan fingerprint density at radius 3 is 2.75 bits per heavy atom. The third-order valence-corrected chi connectivity index (χ3v) is 3.72. The summed E-state index contributed by atoms with van der Waals surface area (Å²) < 4.78 is 6.91. The number of anilines is 1. The summed E-state index contributed by atoms with van der Waals surface area (Å²) in [6, 6.07) is 0.0869. The minimum absolute atomic E-state index is 0.0869. The first kappa shape index (κ1) is 15.0. The zero-order valence-corrected chi connectivity index (χ0v) is 12.4. The summed E-state index contributed by atoms with van der Waals surface area (Å²) in [5.74, 6) is 0.376. The lowest BCUT2D eigenvalue weighted by atomic mass is 9.94. The molecule has 1 aromatic rings. The van der Waals surface area contributed by atoms with Gasteiger partial charge in [0.2, 0.25) is 0 Å². The normalized spacial score (nSPS) is 18.2. The van der Waals surface area contributed by atoms with Gasteiger partial charge in [0, 0.05) is 58.1 Å². The second-order valence-electron chi connectivity index (χ2n) is 5.75. The van der Waals surface area contributed by atoms with Crippen molar-refractivity contribution in [2.45, 2.75) is 38.3 Å². The van der Waals surface area contributed by atoms with Crippen LogP contribution in [0.5, 0.6) is 0 Å². The van der Waals surface area contributed by atoms with Crippen LogP contribution in [0.2, 0.25) is 0 Å². The zero-order chi connectivity index (χ0) is 14.8. The molecule has 0 saturated carbocycles. The molecule has 0 radical (unpaired) electrons. The smallest absolute Gasteiger partial charge is 0.293 e. The minimum atomic E-state index is -0.806. The number of nitrogens with zero attached hydrogens (tertiary/aromatic N) is 3. The molecule has 0 aliphatic carbocycles. The molecule has 2 rings (SSSR count). The van der Waals surface area contributed by atoms with Crippen LogP contribution in [-0.4, -0.2) is 47.1 Å². The van der Waals surface area contributed by atoms with E-state index in [4.69, 9.17) is 4.74 Å². The van der Waals surface area contributed by atoms with Gasteiger partial charge in [-0.15, -0.1) is 0 Å². The van der Waals surface area contributed by atoms with Crippen molar-refractivity contribution < 1.29 is 9.84 Å². The second kappa shape index (κ2) is 5.93. The fourth-order valence-electron chi connectivity index (χ4n) is 2.51. The maximum absolute atomic E-state index is 12.4. The molecule has 0 bridgehead atoms. The van der Waals surface area contributed by atoms with Gasteiger partial charge in [0.1, 0.15) is 0 Å². The Balaban J connectivity index is 2.19. The summed E-state index contributed by atoms with van der Waals surface area (Å²) in [6.45, 7) is 5.42. The summed E-state index contributed by atoms with van der Waals surface area (Å²) in [6.07, 6.45) is 4.49. The van der Waals surface area contributed by atoms with Crippen molar-refractivity contribution in [1.82, 2.24) is 9.55 Å².